The van der Waals surface area contributed by atoms with Crippen LogP contribution in [0.4, 0.5) is 0 Å². The van der Waals surface area contributed by atoms with Gasteiger partial charge in [0.1, 0.15) is 5.60 Å². The van der Waals surface area contributed by atoms with Crippen molar-refractivity contribution >= 4 is 14.0 Å². The summed E-state index contributed by atoms with van der Waals surface area (Å²) in [6, 6.07) is 5.18. The summed E-state index contributed by atoms with van der Waals surface area (Å²) in [6.07, 6.45) is 0.951. The molecule has 0 N–H and O–H groups in total. The van der Waals surface area contributed by atoms with Gasteiger partial charge < -0.3 is 0 Å². The summed E-state index contributed by atoms with van der Waals surface area (Å²) < 4.78 is 0. The largest absolute Gasteiger partial charge is 0.347 e. The molecular weight excluding hydrogens is 268 g/mol. The summed E-state index contributed by atoms with van der Waals surface area (Å²) in [6.45, 7) is 16.4. The van der Waals surface area contributed by atoms with Crippen LogP contribution in [-0.4, -0.2) is 19.6 Å². The van der Waals surface area contributed by atoms with Crippen LogP contribution in [0.15, 0.2) is 0 Å². The first-order valence-electron chi connectivity index (χ1n) is 7.92. The summed E-state index contributed by atoms with van der Waals surface area (Å²) in [4.78, 5) is 22.2. The van der Waals surface area contributed by atoms with Crippen LogP contribution in [0.5, 0.6) is 0 Å². The fraction of sp³-hybridized carbons (Fsp3) is 0.938. The number of carbonyl (C=O) groups is 1. The Morgan fingerprint density at radius 2 is 1.40 bits per heavy atom. The van der Waals surface area contributed by atoms with E-state index >= 15 is 0 Å². The fourth-order valence-electron chi connectivity index (χ4n) is 2.16. The SMILES string of the molecule is CC[Si](CC)(CC)CCC(C)(C)OOC(=O)C(C)(C)C. The second-order valence-corrected chi connectivity index (χ2v) is 13.1. The van der Waals surface area contributed by atoms with Crippen LogP contribution >= 0.6 is 0 Å². The molecule has 0 fully saturated rings. The van der Waals surface area contributed by atoms with Gasteiger partial charge in [-0.3, -0.25) is 4.89 Å². The standard InChI is InChI=1S/C16H34O3Si/c1-9-20(10-2,11-3)13-12-16(7,8)19-18-14(17)15(4,5)6/h9-13H2,1-8H3. The Hall–Kier alpha value is -0.353. The summed E-state index contributed by atoms with van der Waals surface area (Å²) in [5, 5.41) is 0. The third kappa shape index (κ3) is 6.40. The first-order valence-corrected chi connectivity index (χ1v) is 10.7. The van der Waals surface area contributed by atoms with Crippen molar-refractivity contribution in [3.8, 4) is 0 Å². The highest BCUT2D eigenvalue weighted by Gasteiger charge is 2.32. The first-order chi connectivity index (χ1) is 9.02. The van der Waals surface area contributed by atoms with E-state index in [1.807, 2.05) is 34.6 Å². The van der Waals surface area contributed by atoms with E-state index in [9.17, 15) is 4.79 Å². The quantitative estimate of drug-likeness (QED) is 0.352. The Kier molecular flexibility index (Phi) is 7.46. The van der Waals surface area contributed by atoms with E-state index in [-0.39, 0.29) is 5.97 Å². The lowest BCUT2D eigenvalue weighted by Gasteiger charge is -2.32. The third-order valence-corrected chi connectivity index (χ3v) is 10.3. The average molecular weight is 303 g/mol. The molecule has 0 unspecified atom stereocenters. The van der Waals surface area contributed by atoms with E-state index in [0.29, 0.717) is 0 Å². The van der Waals surface area contributed by atoms with Crippen molar-refractivity contribution in [2.45, 2.75) is 91.6 Å². The topological polar surface area (TPSA) is 35.5 Å². The molecule has 0 aromatic carbocycles. The number of carbonyl (C=O) groups excluding carboxylic acids is 1. The van der Waals surface area contributed by atoms with Crippen LogP contribution in [0, 0.1) is 5.41 Å². The molecule has 0 atom stereocenters. The van der Waals surface area contributed by atoms with Gasteiger partial charge in [-0.2, -0.15) is 4.89 Å². The Balaban J connectivity index is 4.42. The molecule has 0 amide bonds. The lowest BCUT2D eigenvalue weighted by atomic mass is 9.98. The van der Waals surface area contributed by atoms with Crippen molar-refractivity contribution in [2.24, 2.45) is 5.41 Å². The Morgan fingerprint density at radius 1 is 0.950 bits per heavy atom. The van der Waals surface area contributed by atoms with E-state index in [4.69, 9.17) is 9.78 Å². The van der Waals surface area contributed by atoms with Crippen LogP contribution < -0.4 is 0 Å². The molecule has 3 nitrogen and oxygen atoms in total. The van der Waals surface area contributed by atoms with E-state index in [2.05, 4.69) is 20.8 Å². The van der Waals surface area contributed by atoms with Crippen LogP contribution in [0.1, 0.15) is 61.8 Å². The van der Waals surface area contributed by atoms with Crippen molar-refractivity contribution < 1.29 is 14.6 Å². The zero-order chi connectivity index (χ0) is 16.0. The molecule has 0 rings (SSSR count). The van der Waals surface area contributed by atoms with E-state index in [0.717, 1.165) is 6.42 Å². The molecule has 0 aliphatic rings. The number of hydrogen-bond acceptors (Lipinski definition) is 3. The normalized spacial score (nSPS) is 13.4. The molecular formula is C16H34O3Si. The Morgan fingerprint density at radius 3 is 1.75 bits per heavy atom. The van der Waals surface area contributed by atoms with Crippen LogP contribution in [0.3, 0.4) is 0 Å². The minimum atomic E-state index is -1.14. The van der Waals surface area contributed by atoms with Gasteiger partial charge in [-0.25, -0.2) is 4.79 Å². The Labute approximate surface area is 126 Å². The van der Waals surface area contributed by atoms with Gasteiger partial charge in [0, 0.05) is 0 Å². The summed E-state index contributed by atoms with van der Waals surface area (Å²) in [5.74, 6) is -0.310. The molecule has 4 heteroatoms. The molecule has 0 radical (unpaired) electrons. The molecule has 20 heavy (non-hydrogen) atoms. The van der Waals surface area contributed by atoms with Gasteiger partial charge in [0.15, 0.2) is 0 Å². The number of rotatable bonds is 8. The monoisotopic (exact) mass is 302 g/mol. The van der Waals surface area contributed by atoms with Gasteiger partial charge in [0.05, 0.1) is 13.5 Å². The van der Waals surface area contributed by atoms with Gasteiger partial charge in [-0.15, -0.1) is 0 Å². The zero-order valence-corrected chi connectivity index (χ0v) is 15.8. The van der Waals surface area contributed by atoms with Gasteiger partial charge >= 0.3 is 5.97 Å². The highest BCUT2D eigenvalue weighted by atomic mass is 28.3. The first kappa shape index (κ1) is 19.6. The zero-order valence-electron chi connectivity index (χ0n) is 14.8. The molecule has 0 aliphatic heterocycles. The molecule has 120 valence electrons. The van der Waals surface area contributed by atoms with Crippen LogP contribution in [0.25, 0.3) is 0 Å². The van der Waals surface area contributed by atoms with E-state index in [1.54, 1.807) is 0 Å². The van der Waals surface area contributed by atoms with Crippen molar-refractivity contribution in [3.63, 3.8) is 0 Å². The minimum Gasteiger partial charge on any atom is -0.297 e. The lowest BCUT2D eigenvalue weighted by Crippen LogP contribution is -2.36. The maximum absolute atomic E-state index is 11.7. The van der Waals surface area contributed by atoms with Crippen molar-refractivity contribution in [1.29, 1.82) is 0 Å². The molecule has 0 aliphatic carbocycles. The van der Waals surface area contributed by atoms with Gasteiger partial charge in [0.25, 0.3) is 0 Å². The van der Waals surface area contributed by atoms with E-state index < -0.39 is 19.1 Å². The van der Waals surface area contributed by atoms with Gasteiger partial charge in [0.2, 0.25) is 0 Å². The molecule has 0 saturated carbocycles. The smallest absolute Gasteiger partial charge is 0.297 e. The molecule has 0 heterocycles. The summed E-state index contributed by atoms with van der Waals surface area (Å²) in [7, 11) is -1.14. The van der Waals surface area contributed by atoms with Gasteiger partial charge in [-0.05, 0) is 41.0 Å². The highest BCUT2D eigenvalue weighted by molar-refractivity contribution is 6.79. The summed E-state index contributed by atoms with van der Waals surface area (Å²) in [5.41, 5.74) is -0.927. The summed E-state index contributed by atoms with van der Waals surface area (Å²) >= 11 is 0. The van der Waals surface area contributed by atoms with Crippen molar-refractivity contribution in [2.75, 3.05) is 0 Å². The predicted octanol–water partition coefficient (Wildman–Crippen LogP) is 5.18. The van der Waals surface area contributed by atoms with Crippen molar-refractivity contribution in [1.82, 2.24) is 0 Å². The molecule has 0 saturated heterocycles. The molecule has 0 aromatic heterocycles. The third-order valence-electron chi connectivity index (χ3n) is 4.46. The highest BCUT2D eigenvalue weighted by Crippen LogP contribution is 2.31. The number of hydrogen-bond donors (Lipinski definition) is 0. The van der Waals surface area contributed by atoms with Crippen molar-refractivity contribution in [3.05, 3.63) is 0 Å². The van der Waals surface area contributed by atoms with Crippen LogP contribution in [-0.2, 0) is 14.6 Å². The molecule has 0 bridgehead atoms. The maximum atomic E-state index is 11.7. The maximum Gasteiger partial charge on any atom is 0.347 e. The van der Waals surface area contributed by atoms with E-state index in [1.165, 1.54) is 24.2 Å². The Bertz CT molecular complexity index is 293. The lowest BCUT2D eigenvalue weighted by molar-refractivity contribution is -0.330. The molecule has 0 aromatic rings. The fourth-order valence-corrected chi connectivity index (χ4v) is 5.86. The predicted molar refractivity (Wildman–Crippen MR) is 87.3 cm³/mol. The van der Waals surface area contributed by atoms with Crippen LogP contribution in [0.2, 0.25) is 24.2 Å². The minimum absolute atomic E-state index is 0.310. The van der Waals surface area contributed by atoms with Gasteiger partial charge in [-0.1, -0.05) is 44.9 Å². The average Bonchev–Trinajstić information content (AvgIpc) is 2.37. The second kappa shape index (κ2) is 7.60. The second-order valence-electron chi connectivity index (χ2n) is 7.52. The molecule has 0 spiro atoms.